The molecule has 146 valence electrons. The van der Waals surface area contributed by atoms with E-state index in [4.69, 9.17) is 6.42 Å². The molecule has 3 N–H and O–H groups in total. The first-order valence-corrected chi connectivity index (χ1v) is 10.00. The van der Waals surface area contributed by atoms with Gasteiger partial charge in [-0.3, -0.25) is 9.59 Å². The molecule has 0 radical (unpaired) electrons. The van der Waals surface area contributed by atoms with Crippen molar-refractivity contribution in [1.29, 1.82) is 0 Å². The van der Waals surface area contributed by atoms with Crippen molar-refractivity contribution in [2.45, 2.75) is 25.2 Å². The topological polar surface area (TPSA) is 104 Å². The van der Waals surface area contributed by atoms with Crippen molar-refractivity contribution in [2.75, 3.05) is 17.2 Å². The summed E-state index contributed by atoms with van der Waals surface area (Å²) in [5.74, 6) is 1.58. The lowest BCUT2D eigenvalue weighted by molar-refractivity contribution is -0.115. The van der Waals surface area contributed by atoms with E-state index >= 15 is 0 Å². The van der Waals surface area contributed by atoms with Crippen molar-refractivity contribution < 1.29 is 18.0 Å². The molecule has 2 aromatic rings. The SMILES string of the molecule is C#CCNS(=O)(=O)c1cccc(C(=O)Nc2cc(NC(=O)CC)ccc2C)c1. The molecule has 0 saturated carbocycles. The number of hydrogen-bond donors (Lipinski definition) is 3. The van der Waals surface area contributed by atoms with Crippen LogP contribution < -0.4 is 15.4 Å². The van der Waals surface area contributed by atoms with Gasteiger partial charge in [-0.1, -0.05) is 25.0 Å². The van der Waals surface area contributed by atoms with Gasteiger partial charge in [-0.05, 0) is 42.8 Å². The van der Waals surface area contributed by atoms with Crippen LogP contribution in [0.15, 0.2) is 47.4 Å². The predicted octanol–water partition coefficient (Wildman–Crippen LogP) is 2.51. The molecule has 2 rings (SSSR count). The minimum absolute atomic E-state index is 0.0592. The van der Waals surface area contributed by atoms with Crippen molar-refractivity contribution >= 4 is 33.2 Å². The molecular weight excluding hydrogens is 378 g/mol. The first-order valence-electron chi connectivity index (χ1n) is 8.52. The Morgan fingerprint density at radius 1 is 1.11 bits per heavy atom. The normalized spacial score (nSPS) is 10.8. The summed E-state index contributed by atoms with van der Waals surface area (Å²) in [5, 5.41) is 5.47. The Hall–Kier alpha value is -3.15. The highest BCUT2D eigenvalue weighted by Gasteiger charge is 2.16. The monoisotopic (exact) mass is 399 g/mol. The molecule has 0 saturated heterocycles. The highest BCUT2D eigenvalue weighted by Crippen LogP contribution is 2.22. The number of benzene rings is 2. The maximum atomic E-state index is 12.6. The van der Waals surface area contributed by atoms with E-state index in [1.165, 1.54) is 24.3 Å². The second-order valence-electron chi connectivity index (χ2n) is 5.94. The quantitative estimate of drug-likeness (QED) is 0.622. The minimum atomic E-state index is -3.80. The van der Waals surface area contributed by atoms with Crippen LogP contribution in [-0.2, 0) is 14.8 Å². The van der Waals surface area contributed by atoms with E-state index in [0.29, 0.717) is 17.8 Å². The van der Waals surface area contributed by atoms with Crippen LogP contribution in [0, 0.1) is 19.3 Å². The standard InChI is InChI=1S/C20H21N3O4S/c1-4-11-21-28(26,27)17-8-6-7-15(12-17)20(25)23-18-13-16(10-9-14(18)3)22-19(24)5-2/h1,6-10,12-13,21H,5,11H2,2-3H3,(H,22,24)(H,23,25). The number of rotatable bonds is 7. The summed E-state index contributed by atoms with van der Waals surface area (Å²) in [6, 6.07) is 10.8. The van der Waals surface area contributed by atoms with Crippen molar-refractivity contribution in [3.05, 3.63) is 53.6 Å². The summed E-state index contributed by atoms with van der Waals surface area (Å²) in [4.78, 5) is 24.1. The first-order chi connectivity index (χ1) is 13.3. The molecule has 0 atom stereocenters. The smallest absolute Gasteiger partial charge is 0.255 e. The Morgan fingerprint density at radius 2 is 1.86 bits per heavy atom. The zero-order chi connectivity index (χ0) is 20.7. The van der Waals surface area contributed by atoms with Gasteiger partial charge in [-0.25, -0.2) is 8.42 Å². The third kappa shape index (κ3) is 5.42. The molecule has 0 aromatic heterocycles. The maximum absolute atomic E-state index is 12.6. The van der Waals surface area contributed by atoms with Crippen LogP contribution in [0.3, 0.4) is 0 Å². The van der Waals surface area contributed by atoms with E-state index in [1.807, 2.05) is 6.92 Å². The molecule has 0 unspecified atom stereocenters. The molecule has 0 bridgehead atoms. The van der Waals surface area contributed by atoms with Gasteiger partial charge in [0, 0.05) is 23.4 Å². The molecule has 0 aliphatic rings. The molecule has 2 amide bonds. The summed E-state index contributed by atoms with van der Waals surface area (Å²) < 4.78 is 26.6. The fraction of sp³-hybridized carbons (Fsp3) is 0.200. The fourth-order valence-corrected chi connectivity index (χ4v) is 3.28. The fourth-order valence-electron chi connectivity index (χ4n) is 2.30. The predicted molar refractivity (Wildman–Crippen MR) is 109 cm³/mol. The summed E-state index contributed by atoms with van der Waals surface area (Å²) in [5.41, 5.74) is 2.04. The number of carbonyl (C=O) groups excluding carboxylic acids is 2. The second-order valence-corrected chi connectivity index (χ2v) is 7.71. The van der Waals surface area contributed by atoms with Crippen LogP contribution >= 0.6 is 0 Å². The van der Waals surface area contributed by atoms with Gasteiger partial charge in [-0.2, -0.15) is 4.72 Å². The van der Waals surface area contributed by atoms with E-state index < -0.39 is 15.9 Å². The number of hydrogen-bond acceptors (Lipinski definition) is 4. The number of terminal acetylenes is 1. The van der Waals surface area contributed by atoms with E-state index in [9.17, 15) is 18.0 Å². The molecule has 0 aliphatic carbocycles. The van der Waals surface area contributed by atoms with Crippen molar-refractivity contribution in [3.8, 4) is 12.3 Å². The lowest BCUT2D eigenvalue weighted by atomic mass is 10.1. The van der Waals surface area contributed by atoms with Crippen LogP contribution in [0.1, 0.15) is 29.3 Å². The van der Waals surface area contributed by atoms with Crippen molar-refractivity contribution in [3.63, 3.8) is 0 Å². The van der Waals surface area contributed by atoms with E-state index in [0.717, 1.165) is 5.56 Å². The third-order valence-electron chi connectivity index (χ3n) is 3.86. The average molecular weight is 399 g/mol. The second kappa shape index (κ2) is 9.17. The number of anilines is 2. The van der Waals surface area contributed by atoms with Gasteiger partial charge in [0.05, 0.1) is 11.4 Å². The summed E-state index contributed by atoms with van der Waals surface area (Å²) in [6.45, 7) is 3.41. The molecule has 0 spiro atoms. The van der Waals surface area contributed by atoms with E-state index in [2.05, 4.69) is 21.3 Å². The number of carbonyl (C=O) groups is 2. The van der Waals surface area contributed by atoms with Crippen LogP contribution in [0.4, 0.5) is 11.4 Å². The van der Waals surface area contributed by atoms with Gasteiger partial charge in [0.1, 0.15) is 0 Å². The summed E-state index contributed by atoms with van der Waals surface area (Å²) >= 11 is 0. The average Bonchev–Trinajstić information content (AvgIpc) is 2.69. The highest BCUT2D eigenvalue weighted by atomic mass is 32.2. The van der Waals surface area contributed by atoms with Crippen molar-refractivity contribution in [2.24, 2.45) is 0 Å². The lowest BCUT2D eigenvalue weighted by Crippen LogP contribution is -2.24. The van der Waals surface area contributed by atoms with E-state index in [1.54, 1.807) is 25.1 Å². The Bertz CT molecular complexity index is 1040. The van der Waals surface area contributed by atoms with Gasteiger partial charge >= 0.3 is 0 Å². The summed E-state index contributed by atoms with van der Waals surface area (Å²) in [6.07, 6.45) is 5.41. The molecular formula is C20H21N3O4S. The lowest BCUT2D eigenvalue weighted by Gasteiger charge is -2.12. The Labute approximate surface area is 164 Å². The zero-order valence-corrected chi connectivity index (χ0v) is 16.4. The molecule has 7 nitrogen and oxygen atoms in total. The third-order valence-corrected chi connectivity index (χ3v) is 5.26. The zero-order valence-electron chi connectivity index (χ0n) is 15.6. The minimum Gasteiger partial charge on any atom is -0.326 e. The molecule has 0 heterocycles. The van der Waals surface area contributed by atoms with Gasteiger partial charge in [-0.15, -0.1) is 6.42 Å². The van der Waals surface area contributed by atoms with Crippen LogP contribution in [-0.4, -0.2) is 26.8 Å². The maximum Gasteiger partial charge on any atom is 0.255 e. The van der Waals surface area contributed by atoms with Crippen molar-refractivity contribution in [1.82, 2.24) is 4.72 Å². The Balaban J connectivity index is 2.24. The highest BCUT2D eigenvalue weighted by molar-refractivity contribution is 7.89. The van der Waals surface area contributed by atoms with Crippen LogP contribution in [0.25, 0.3) is 0 Å². The molecule has 2 aromatic carbocycles. The molecule has 0 aliphatic heterocycles. The van der Waals surface area contributed by atoms with Gasteiger partial charge < -0.3 is 10.6 Å². The Morgan fingerprint density at radius 3 is 2.54 bits per heavy atom. The number of nitrogens with one attached hydrogen (secondary N) is 3. The van der Waals surface area contributed by atoms with Gasteiger partial charge in [0.2, 0.25) is 15.9 Å². The molecule has 28 heavy (non-hydrogen) atoms. The molecule has 0 fully saturated rings. The van der Waals surface area contributed by atoms with Gasteiger partial charge in [0.15, 0.2) is 0 Å². The number of amides is 2. The Kier molecular flexibility index (Phi) is 6.93. The summed E-state index contributed by atoms with van der Waals surface area (Å²) in [7, 11) is -3.80. The van der Waals surface area contributed by atoms with E-state index in [-0.39, 0.29) is 22.9 Å². The van der Waals surface area contributed by atoms with Crippen LogP contribution in [0.2, 0.25) is 0 Å². The molecule has 8 heteroatoms. The van der Waals surface area contributed by atoms with Gasteiger partial charge in [0.25, 0.3) is 5.91 Å². The largest absolute Gasteiger partial charge is 0.326 e. The number of sulfonamides is 1. The number of aryl methyl sites for hydroxylation is 1. The van der Waals surface area contributed by atoms with Crippen LogP contribution in [0.5, 0.6) is 0 Å². The first kappa shape index (κ1) is 21.2.